The zero-order chi connectivity index (χ0) is 21.8. The molecule has 162 valence electrons. The first kappa shape index (κ1) is 20.1. The number of hydrogen-bond acceptors (Lipinski definition) is 5. The summed E-state index contributed by atoms with van der Waals surface area (Å²) in [6.45, 7) is 3.46. The minimum Gasteiger partial charge on any atom is -0.486 e. The lowest BCUT2D eigenvalue weighted by molar-refractivity contribution is -0.132. The first-order valence-corrected chi connectivity index (χ1v) is 10.8. The van der Waals surface area contributed by atoms with Crippen LogP contribution >= 0.6 is 0 Å². The molecule has 0 atom stereocenters. The second-order valence-corrected chi connectivity index (χ2v) is 7.76. The summed E-state index contributed by atoms with van der Waals surface area (Å²) in [5.74, 6) is 2.58. The summed E-state index contributed by atoms with van der Waals surface area (Å²) < 4.78 is 7.91. The van der Waals surface area contributed by atoms with Crippen molar-refractivity contribution in [1.29, 1.82) is 0 Å². The molecular weight excluding hydrogens is 402 g/mol. The van der Waals surface area contributed by atoms with E-state index in [-0.39, 0.29) is 12.5 Å². The third-order valence-electron chi connectivity index (χ3n) is 5.74. The van der Waals surface area contributed by atoms with Gasteiger partial charge in [-0.15, -0.1) is 0 Å². The van der Waals surface area contributed by atoms with Crippen molar-refractivity contribution in [3.8, 4) is 5.75 Å². The van der Waals surface area contributed by atoms with Crippen molar-refractivity contribution in [2.45, 2.75) is 13.2 Å². The molecule has 0 spiro atoms. The van der Waals surface area contributed by atoms with E-state index in [0.29, 0.717) is 19.7 Å². The van der Waals surface area contributed by atoms with E-state index in [0.717, 1.165) is 41.5 Å². The van der Waals surface area contributed by atoms with Gasteiger partial charge in [-0.2, -0.15) is 0 Å². The van der Waals surface area contributed by atoms with Gasteiger partial charge in [0, 0.05) is 32.4 Å². The van der Waals surface area contributed by atoms with Crippen LogP contribution in [0.1, 0.15) is 5.82 Å². The number of benzene rings is 2. The van der Waals surface area contributed by atoms with Crippen molar-refractivity contribution in [1.82, 2.24) is 19.4 Å². The number of hydrogen-bond donors (Lipinski definition) is 0. The molecule has 0 unspecified atom stereocenters. The largest absolute Gasteiger partial charge is 0.486 e. The number of amides is 1. The SMILES string of the molecule is O=C(Cn1c(COc2ccccc2)nc2ccccc21)N1CCN(c2ccccn2)CC1. The van der Waals surface area contributed by atoms with Crippen molar-refractivity contribution in [2.24, 2.45) is 0 Å². The maximum Gasteiger partial charge on any atom is 0.242 e. The molecule has 0 saturated carbocycles. The normalized spacial score (nSPS) is 14.0. The molecule has 1 aliphatic rings. The molecule has 1 saturated heterocycles. The lowest BCUT2D eigenvalue weighted by Gasteiger charge is -2.35. The minimum atomic E-state index is 0.0924. The Morgan fingerprint density at radius 1 is 0.875 bits per heavy atom. The lowest BCUT2D eigenvalue weighted by atomic mass is 10.3. The van der Waals surface area contributed by atoms with Gasteiger partial charge in [0.1, 0.15) is 30.5 Å². The van der Waals surface area contributed by atoms with Crippen LogP contribution in [-0.4, -0.2) is 51.5 Å². The van der Waals surface area contributed by atoms with Gasteiger partial charge in [-0.05, 0) is 36.4 Å². The standard InChI is InChI=1S/C25H25N5O2/c31-25(29-16-14-28(15-17-29)23-12-6-7-13-26-23)18-30-22-11-5-4-10-21(22)27-24(30)19-32-20-8-2-1-3-9-20/h1-13H,14-19H2. The third-order valence-corrected chi connectivity index (χ3v) is 5.74. The molecule has 3 heterocycles. The zero-order valence-electron chi connectivity index (χ0n) is 17.8. The first-order chi connectivity index (χ1) is 15.8. The highest BCUT2D eigenvalue weighted by molar-refractivity contribution is 5.81. The summed E-state index contributed by atoms with van der Waals surface area (Å²) in [5.41, 5.74) is 1.81. The molecule has 32 heavy (non-hydrogen) atoms. The number of carbonyl (C=O) groups excluding carboxylic acids is 1. The van der Waals surface area contributed by atoms with Gasteiger partial charge in [0.05, 0.1) is 11.0 Å². The Balaban J connectivity index is 1.29. The number of piperazine rings is 1. The molecule has 2 aromatic heterocycles. The average Bonchev–Trinajstić information content (AvgIpc) is 3.21. The first-order valence-electron chi connectivity index (χ1n) is 10.8. The Morgan fingerprint density at radius 2 is 1.62 bits per heavy atom. The number of anilines is 1. The molecule has 7 nitrogen and oxygen atoms in total. The van der Waals surface area contributed by atoms with Gasteiger partial charge in [0.25, 0.3) is 0 Å². The predicted molar refractivity (Wildman–Crippen MR) is 124 cm³/mol. The molecule has 5 rings (SSSR count). The van der Waals surface area contributed by atoms with E-state index in [1.165, 1.54) is 0 Å². The number of para-hydroxylation sites is 3. The van der Waals surface area contributed by atoms with E-state index in [2.05, 4.69) is 9.88 Å². The lowest BCUT2D eigenvalue weighted by Crippen LogP contribution is -2.49. The van der Waals surface area contributed by atoms with Crippen LogP contribution in [0.2, 0.25) is 0 Å². The summed E-state index contributed by atoms with van der Waals surface area (Å²) in [7, 11) is 0. The van der Waals surface area contributed by atoms with Gasteiger partial charge in [-0.25, -0.2) is 9.97 Å². The Morgan fingerprint density at radius 3 is 2.41 bits per heavy atom. The van der Waals surface area contributed by atoms with Gasteiger partial charge < -0.3 is 19.1 Å². The maximum absolute atomic E-state index is 13.2. The highest BCUT2D eigenvalue weighted by Gasteiger charge is 2.23. The second-order valence-electron chi connectivity index (χ2n) is 7.76. The van der Waals surface area contributed by atoms with E-state index >= 15 is 0 Å². The second kappa shape index (κ2) is 9.09. The smallest absolute Gasteiger partial charge is 0.242 e. The maximum atomic E-state index is 13.2. The van der Waals surface area contributed by atoms with Gasteiger partial charge in [-0.1, -0.05) is 36.4 Å². The van der Waals surface area contributed by atoms with Crippen LogP contribution in [-0.2, 0) is 17.9 Å². The minimum absolute atomic E-state index is 0.0924. The van der Waals surface area contributed by atoms with E-state index < -0.39 is 0 Å². The fraction of sp³-hybridized carbons (Fsp3) is 0.240. The Bertz CT molecular complexity index is 1180. The van der Waals surface area contributed by atoms with Crippen molar-refractivity contribution < 1.29 is 9.53 Å². The molecular formula is C25H25N5O2. The average molecular weight is 428 g/mol. The van der Waals surface area contributed by atoms with Crippen molar-refractivity contribution in [3.63, 3.8) is 0 Å². The van der Waals surface area contributed by atoms with E-state index in [1.54, 1.807) is 6.20 Å². The molecule has 0 aliphatic carbocycles. The molecule has 1 amide bonds. The Kier molecular flexibility index (Phi) is 5.70. The van der Waals surface area contributed by atoms with Gasteiger partial charge >= 0.3 is 0 Å². The quantitative estimate of drug-likeness (QED) is 0.472. The van der Waals surface area contributed by atoms with Gasteiger partial charge in [0.2, 0.25) is 5.91 Å². The number of fused-ring (bicyclic) bond motifs is 1. The van der Waals surface area contributed by atoms with Crippen molar-refractivity contribution in [3.05, 3.63) is 84.8 Å². The van der Waals surface area contributed by atoms with Crippen molar-refractivity contribution >= 4 is 22.8 Å². The zero-order valence-corrected chi connectivity index (χ0v) is 17.8. The number of carbonyl (C=O) groups is 1. The number of rotatable bonds is 6. The number of ether oxygens (including phenoxy) is 1. The summed E-state index contributed by atoms with van der Waals surface area (Å²) in [6.07, 6.45) is 1.80. The summed E-state index contributed by atoms with van der Waals surface area (Å²) in [5, 5.41) is 0. The molecule has 7 heteroatoms. The van der Waals surface area contributed by atoms with Gasteiger partial charge in [-0.3, -0.25) is 4.79 Å². The monoisotopic (exact) mass is 427 g/mol. The van der Waals surface area contributed by atoms with Crippen LogP contribution in [0.3, 0.4) is 0 Å². The van der Waals surface area contributed by atoms with Gasteiger partial charge in [0.15, 0.2) is 0 Å². The van der Waals surface area contributed by atoms with Crippen LogP contribution in [0, 0.1) is 0 Å². The van der Waals surface area contributed by atoms with Crippen LogP contribution in [0.25, 0.3) is 11.0 Å². The molecule has 0 radical (unpaired) electrons. The van der Waals surface area contributed by atoms with Crippen LogP contribution < -0.4 is 9.64 Å². The third kappa shape index (κ3) is 4.27. The molecule has 0 N–H and O–H groups in total. The van der Waals surface area contributed by atoms with Crippen LogP contribution in [0.15, 0.2) is 79.0 Å². The molecule has 0 bridgehead atoms. The van der Waals surface area contributed by atoms with Crippen LogP contribution in [0.5, 0.6) is 5.75 Å². The number of nitrogens with zero attached hydrogens (tertiary/aromatic N) is 5. The molecule has 4 aromatic rings. The van der Waals surface area contributed by atoms with Crippen LogP contribution in [0.4, 0.5) is 5.82 Å². The van der Waals surface area contributed by atoms with E-state index in [4.69, 9.17) is 9.72 Å². The number of aromatic nitrogens is 3. The highest BCUT2D eigenvalue weighted by atomic mass is 16.5. The van der Waals surface area contributed by atoms with E-state index in [9.17, 15) is 4.79 Å². The molecule has 1 aliphatic heterocycles. The van der Waals surface area contributed by atoms with Crippen molar-refractivity contribution in [2.75, 3.05) is 31.1 Å². The molecule has 1 fully saturated rings. The number of pyridine rings is 1. The summed E-state index contributed by atoms with van der Waals surface area (Å²) in [4.78, 5) is 26.5. The Hall–Kier alpha value is -3.87. The fourth-order valence-corrected chi connectivity index (χ4v) is 4.04. The highest BCUT2D eigenvalue weighted by Crippen LogP contribution is 2.19. The number of imidazole rings is 1. The Labute approximate surface area is 186 Å². The predicted octanol–water partition coefficient (Wildman–Crippen LogP) is 3.36. The molecule has 2 aromatic carbocycles. The fourth-order valence-electron chi connectivity index (χ4n) is 4.04. The topological polar surface area (TPSA) is 63.5 Å². The summed E-state index contributed by atoms with van der Waals surface area (Å²) in [6, 6.07) is 23.5. The summed E-state index contributed by atoms with van der Waals surface area (Å²) >= 11 is 0. The van der Waals surface area contributed by atoms with E-state index in [1.807, 2.05) is 82.3 Å².